The first-order valence-electron chi connectivity index (χ1n) is 5.11. The summed E-state index contributed by atoms with van der Waals surface area (Å²) in [6, 6.07) is 3.04. The van der Waals surface area contributed by atoms with E-state index in [0.29, 0.717) is 29.6 Å². The van der Waals surface area contributed by atoms with Crippen LogP contribution in [0.2, 0.25) is 30.1 Å². The van der Waals surface area contributed by atoms with Gasteiger partial charge in [-0.05, 0) is 0 Å². The van der Waals surface area contributed by atoms with Gasteiger partial charge in [-0.25, -0.2) is 0 Å². The van der Waals surface area contributed by atoms with Crippen LogP contribution >= 0.6 is 69.6 Å². The van der Waals surface area contributed by atoms with Crippen molar-refractivity contribution in [2.24, 2.45) is 0 Å². The maximum absolute atomic E-state index is 5.70. The van der Waals surface area contributed by atoms with Crippen LogP contribution in [0.1, 0.15) is 0 Å². The van der Waals surface area contributed by atoms with Crippen LogP contribution in [0.5, 0.6) is 0 Å². The summed E-state index contributed by atoms with van der Waals surface area (Å²) in [4.78, 5) is 1.69. The van der Waals surface area contributed by atoms with Crippen molar-refractivity contribution in [2.75, 3.05) is 0 Å². The van der Waals surface area contributed by atoms with E-state index in [-0.39, 0.29) is 36.6 Å². The first kappa shape index (κ1) is 24.6. The summed E-state index contributed by atoms with van der Waals surface area (Å²) in [5.74, 6) is 0. The van der Waals surface area contributed by atoms with Crippen LogP contribution in [-0.2, 0) is 67.0 Å². The summed E-state index contributed by atoms with van der Waals surface area (Å²) < 4.78 is 0. The van der Waals surface area contributed by atoms with Gasteiger partial charge in [0.05, 0.1) is 20.1 Å². The Labute approximate surface area is 196 Å². The molecule has 23 heavy (non-hydrogen) atoms. The van der Waals surface area contributed by atoms with Crippen LogP contribution in [0, 0.1) is 0 Å². The van der Waals surface area contributed by atoms with E-state index in [9.17, 15) is 0 Å². The van der Waals surface area contributed by atoms with Gasteiger partial charge in [0.25, 0.3) is 0 Å². The Bertz CT molecular complexity index is 612. The van der Waals surface area contributed by atoms with Gasteiger partial charge in [0.2, 0.25) is 0 Å². The van der Waals surface area contributed by atoms with Crippen LogP contribution in [-0.4, -0.2) is 0 Å². The minimum Gasteiger partial charge on any atom is -0.781 e. The summed E-state index contributed by atoms with van der Waals surface area (Å²) in [5.41, 5.74) is 0. The molecule has 0 unspecified atom stereocenters. The van der Waals surface area contributed by atoms with Gasteiger partial charge in [0, 0.05) is 26.5 Å². The Hall–Kier alpha value is 1.55. The third-order valence-corrected chi connectivity index (χ3v) is 6.67. The molecule has 0 N–H and O–H groups in total. The molecule has 2 rings (SSSR count). The molecule has 0 aliphatic rings. The van der Waals surface area contributed by atoms with Crippen molar-refractivity contribution in [3.63, 3.8) is 0 Å². The molecular formula is C12H2Cl6NiS4-4. The third-order valence-electron chi connectivity index (χ3n) is 2.17. The van der Waals surface area contributed by atoms with Crippen LogP contribution in [0.15, 0.2) is 31.7 Å². The molecule has 0 radical (unpaired) electrons. The molecule has 0 atom stereocenters. The molecule has 2 aromatic rings. The van der Waals surface area contributed by atoms with Crippen LogP contribution in [0.4, 0.5) is 0 Å². The Morgan fingerprint density at radius 1 is 0.522 bits per heavy atom. The third kappa shape index (κ3) is 6.34. The average Bonchev–Trinajstić information content (AvgIpc) is 2.47. The SMILES string of the molecule is [Ni].[S-]c1cc(Cl)c(Cl)c(Cl)c1[S-].[S-]c1cc(Cl)c(Cl)c(Cl)c1[S-]. The summed E-state index contributed by atoms with van der Waals surface area (Å²) in [5, 5.41) is 1.75. The standard InChI is InChI=1S/2C6H3Cl3S2.Ni/c2*7-2-1-3(10)6(11)5(9)4(2)8;/h2*1,10-11H;/p-4. The second-order valence-corrected chi connectivity index (χ2v) is 7.65. The fourth-order valence-corrected chi connectivity index (χ4v) is 3.44. The predicted molar refractivity (Wildman–Crippen MR) is 105 cm³/mol. The minimum atomic E-state index is 0. The summed E-state index contributed by atoms with van der Waals surface area (Å²) >= 11 is 53.5. The largest absolute Gasteiger partial charge is 0.781 e. The Kier molecular flexibility index (Phi) is 11.4. The molecule has 0 aliphatic heterocycles. The maximum atomic E-state index is 5.70. The molecule has 2 aromatic carbocycles. The molecule has 0 bridgehead atoms. The first-order chi connectivity index (χ1) is 10.1. The van der Waals surface area contributed by atoms with Crippen molar-refractivity contribution in [3.8, 4) is 0 Å². The zero-order valence-electron chi connectivity index (χ0n) is 10.4. The molecule has 0 saturated heterocycles. The first-order valence-corrected chi connectivity index (χ1v) is 9.01. The van der Waals surface area contributed by atoms with Gasteiger partial charge in [-0.3, -0.25) is 0 Å². The number of rotatable bonds is 0. The van der Waals surface area contributed by atoms with E-state index in [0.717, 1.165) is 0 Å². The number of hydrogen-bond donors (Lipinski definition) is 0. The number of hydrogen-bond acceptors (Lipinski definition) is 4. The van der Waals surface area contributed by atoms with Crippen LogP contribution in [0.25, 0.3) is 0 Å². The van der Waals surface area contributed by atoms with E-state index in [1.54, 1.807) is 0 Å². The van der Waals surface area contributed by atoms with Crippen molar-refractivity contribution in [1.29, 1.82) is 0 Å². The second kappa shape index (κ2) is 10.6. The van der Waals surface area contributed by atoms with Crippen molar-refractivity contribution < 1.29 is 16.5 Å². The molecule has 0 fully saturated rings. The van der Waals surface area contributed by atoms with Crippen LogP contribution in [0.3, 0.4) is 0 Å². The quantitative estimate of drug-likeness (QED) is 0.200. The van der Waals surface area contributed by atoms with Gasteiger partial charge >= 0.3 is 0 Å². The normalized spacial score (nSPS) is 9.65. The molecular weight excluding hydrogens is 544 g/mol. The van der Waals surface area contributed by atoms with Gasteiger partial charge in [-0.1, -0.05) is 81.7 Å². The molecule has 130 valence electrons. The molecule has 0 aliphatic carbocycles. The Morgan fingerprint density at radius 3 is 1.04 bits per heavy atom. The van der Waals surface area contributed by atoms with E-state index in [4.69, 9.17) is 120 Å². The Morgan fingerprint density at radius 2 is 0.783 bits per heavy atom. The average molecular weight is 546 g/mol. The van der Waals surface area contributed by atoms with E-state index in [2.05, 4.69) is 0 Å². The fourth-order valence-electron chi connectivity index (χ4n) is 1.11. The zero-order valence-corrected chi connectivity index (χ0v) is 19.2. The van der Waals surface area contributed by atoms with Crippen LogP contribution < -0.4 is 0 Å². The molecule has 11 heteroatoms. The zero-order chi connectivity index (χ0) is 17.2. The molecule has 0 aromatic heterocycles. The smallest absolute Gasteiger partial charge is 0.0762 e. The predicted octanol–water partition coefficient (Wildman–Crippen LogP) is 6.91. The van der Waals surface area contributed by atoms with Gasteiger partial charge in [-0.2, -0.15) is 19.6 Å². The van der Waals surface area contributed by atoms with E-state index in [1.165, 1.54) is 12.1 Å². The fraction of sp³-hybridized carbons (Fsp3) is 0. The van der Waals surface area contributed by atoms with Crippen molar-refractivity contribution in [1.82, 2.24) is 0 Å². The van der Waals surface area contributed by atoms with Crippen molar-refractivity contribution >= 4 is 120 Å². The molecule has 0 heterocycles. The van der Waals surface area contributed by atoms with E-state index in [1.807, 2.05) is 0 Å². The molecule has 0 amide bonds. The molecule has 0 saturated carbocycles. The second-order valence-electron chi connectivity index (χ2n) is 3.63. The summed E-state index contributed by atoms with van der Waals surface area (Å²) in [6.45, 7) is 0. The summed E-state index contributed by atoms with van der Waals surface area (Å²) in [7, 11) is 0. The number of benzene rings is 2. The molecule has 0 spiro atoms. The number of halogens is 6. The van der Waals surface area contributed by atoms with Gasteiger partial charge in [0.1, 0.15) is 0 Å². The summed E-state index contributed by atoms with van der Waals surface area (Å²) in [6.07, 6.45) is 0. The van der Waals surface area contributed by atoms with Gasteiger partial charge in [0.15, 0.2) is 0 Å². The van der Waals surface area contributed by atoms with Crippen molar-refractivity contribution in [3.05, 3.63) is 42.3 Å². The van der Waals surface area contributed by atoms with Crippen molar-refractivity contribution in [2.45, 2.75) is 19.6 Å². The topological polar surface area (TPSA) is 0 Å². The monoisotopic (exact) mass is 542 g/mol. The Balaban J connectivity index is 0.000000403. The van der Waals surface area contributed by atoms with E-state index >= 15 is 0 Å². The van der Waals surface area contributed by atoms with Gasteiger partial charge in [-0.15, -0.1) is 0 Å². The maximum Gasteiger partial charge on any atom is 0.0762 e. The van der Waals surface area contributed by atoms with E-state index < -0.39 is 0 Å². The molecule has 0 nitrogen and oxygen atoms in total. The van der Waals surface area contributed by atoms with Gasteiger partial charge < -0.3 is 50.5 Å². The minimum absolute atomic E-state index is 0.